The van der Waals surface area contributed by atoms with E-state index in [2.05, 4.69) is 184 Å². The monoisotopic (exact) mass is 791 g/mol. The van der Waals surface area contributed by atoms with Gasteiger partial charge in [0.2, 0.25) is 0 Å². The Morgan fingerprint density at radius 3 is 1.27 bits per heavy atom. The van der Waals surface area contributed by atoms with Gasteiger partial charge in [-0.25, -0.2) is 0 Å². The molecule has 0 saturated carbocycles. The molecule has 0 saturated heterocycles. The van der Waals surface area contributed by atoms with Gasteiger partial charge in [0, 0.05) is 0 Å². The molecule has 7 aromatic carbocycles. The van der Waals surface area contributed by atoms with E-state index in [1.54, 1.807) is 27.5 Å². The summed E-state index contributed by atoms with van der Waals surface area (Å²) < 4.78 is 1.02. The van der Waals surface area contributed by atoms with Gasteiger partial charge in [-0.3, -0.25) is 0 Å². The van der Waals surface area contributed by atoms with Gasteiger partial charge in [-0.15, -0.1) is 0 Å². The zero-order valence-corrected chi connectivity index (χ0v) is 34.2. The average molecular weight is 794 g/mol. The van der Waals surface area contributed by atoms with E-state index >= 15 is 0 Å². The second-order valence-corrected chi connectivity index (χ2v) is 31.6. The van der Waals surface area contributed by atoms with Crippen LogP contribution in [0.15, 0.2) is 175 Å². The van der Waals surface area contributed by atoms with E-state index in [9.17, 15) is 0 Å². The van der Waals surface area contributed by atoms with Crippen molar-refractivity contribution in [3.63, 3.8) is 0 Å². The molecule has 0 spiro atoms. The van der Waals surface area contributed by atoms with Gasteiger partial charge in [0.1, 0.15) is 0 Å². The van der Waals surface area contributed by atoms with Crippen LogP contribution in [0.25, 0.3) is 32.7 Å². The van der Waals surface area contributed by atoms with Gasteiger partial charge in [0.25, 0.3) is 0 Å². The van der Waals surface area contributed by atoms with E-state index in [0.29, 0.717) is 7.25 Å². The second kappa shape index (κ2) is 14.7. The zero-order chi connectivity index (χ0) is 33.1. The Bertz CT molecular complexity index is 2300. The molecule has 0 bridgehead atoms. The molecule has 9 rings (SSSR count). The molecule has 4 heteroatoms. The maximum absolute atomic E-state index is 2.71. The topological polar surface area (TPSA) is 0 Å². The average Bonchev–Trinajstić information content (AvgIpc) is 3.61. The van der Waals surface area contributed by atoms with E-state index in [-0.39, 0.29) is 24.8 Å². The van der Waals surface area contributed by atoms with E-state index in [1.165, 1.54) is 54.9 Å². The van der Waals surface area contributed by atoms with E-state index < -0.39 is 26.8 Å². The van der Waals surface area contributed by atoms with Crippen LogP contribution in [0.1, 0.15) is 54.5 Å². The van der Waals surface area contributed by atoms with Crippen LogP contribution in [0.4, 0.5) is 0 Å². The zero-order valence-electron chi connectivity index (χ0n) is 29.1. The number of halogens is 2. The first-order valence-electron chi connectivity index (χ1n) is 17.6. The summed E-state index contributed by atoms with van der Waals surface area (Å²) in [7, 11) is 0. The van der Waals surface area contributed by atoms with Crippen molar-refractivity contribution in [3.8, 4) is 0 Å². The summed E-state index contributed by atoms with van der Waals surface area (Å²) in [6.45, 7) is 7.71. The van der Waals surface area contributed by atoms with Crippen LogP contribution < -0.4 is 30.0 Å². The molecular formula is C47H39Cl2SiZr. The normalized spacial score (nSPS) is 16.8. The molecule has 2 aliphatic rings. The third kappa shape index (κ3) is 5.86. The van der Waals surface area contributed by atoms with E-state index in [4.69, 9.17) is 0 Å². The van der Waals surface area contributed by atoms with Crippen molar-refractivity contribution in [2.24, 2.45) is 0 Å². The van der Waals surface area contributed by atoms with Gasteiger partial charge < -0.3 is 24.8 Å². The summed E-state index contributed by atoms with van der Waals surface area (Å²) in [6.07, 6.45) is 0. The molecule has 2 aliphatic carbocycles. The molecular weight excluding hydrogens is 755 g/mol. The third-order valence-electron chi connectivity index (χ3n) is 11.3. The molecule has 3 atom stereocenters. The Morgan fingerprint density at radius 2 is 0.784 bits per heavy atom. The van der Waals surface area contributed by atoms with Crippen molar-refractivity contribution in [2.75, 3.05) is 0 Å². The molecule has 51 heavy (non-hydrogen) atoms. The minimum atomic E-state index is -2.55. The van der Waals surface area contributed by atoms with Crippen molar-refractivity contribution >= 4 is 43.8 Å². The summed E-state index contributed by atoms with van der Waals surface area (Å²) in [5, 5.41) is 6.97. The largest absolute Gasteiger partial charge is 1.00 e. The quantitative estimate of drug-likeness (QED) is 0.200. The predicted octanol–water partition coefficient (Wildman–Crippen LogP) is 5.33. The third-order valence-corrected chi connectivity index (χ3v) is 34.4. The Morgan fingerprint density at radius 1 is 0.412 bits per heavy atom. The summed E-state index contributed by atoms with van der Waals surface area (Å²) in [6, 6.07) is 62.2. The molecule has 0 amide bonds. The van der Waals surface area contributed by atoms with Gasteiger partial charge in [-0.1, -0.05) is 0 Å². The van der Waals surface area contributed by atoms with Crippen LogP contribution in [-0.2, 0) is 20.9 Å². The molecule has 0 N–H and O–H groups in total. The molecule has 3 unspecified atom stereocenters. The molecule has 0 fully saturated rings. The van der Waals surface area contributed by atoms with Gasteiger partial charge in [-0.05, 0) is 0 Å². The number of benzene rings is 7. The van der Waals surface area contributed by atoms with Crippen molar-refractivity contribution in [3.05, 3.63) is 208 Å². The van der Waals surface area contributed by atoms with E-state index in [0.717, 1.165) is 0 Å². The first-order valence-corrected chi connectivity index (χ1v) is 27.0. The van der Waals surface area contributed by atoms with Gasteiger partial charge in [0.15, 0.2) is 0 Å². The van der Waals surface area contributed by atoms with Crippen LogP contribution >= 0.6 is 0 Å². The molecule has 0 aliphatic heterocycles. The predicted molar refractivity (Wildman–Crippen MR) is 209 cm³/mol. The molecule has 249 valence electrons. The van der Waals surface area contributed by atoms with Crippen LogP contribution in [0.3, 0.4) is 0 Å². The number of fused-ring (bicyclic) bond motifs is 4. The summed E-state index contributed by atoms with van der Waals surface area (Å²) >= 11 is -2.55. The SMILES string of the molecule is CC1=C(c2cccc3ccccc23)c2ccccc2[CH]1[Zr+2]([CH]1C(C)=C(c2cccc3ccccc23)c2ccccc21)[SiH](C)c1ccccc1.[Cl-].[Cl-]. The minimum Gasteiger partial charge on any atom is -1.00 e. The number of rotatable bonds is 6. The van der Waals surface area contributed by atoms with Crippen LogP contribution in [0.5, 0.6) is 0 Å². The molecule has 0 radical (unpaired) electrons. The van der Waals surface area contributed by atoms with Crippen molar-refractivity contribution < 1.29 is 45.7 Å². The first-order chi connectivity index (χ1) is 24.1. The van der Waals surface area contributed by atoms with Crippen LogP contribution in [0.2, 0.25) is 6.55 Å². The maximum atomic E-state index is 2.71. The maximum Gasteiger partial charge on any atom is -1.00 e. The van der Waals surface area contributed by atoms with Crippen LogP contribution in [0, 0.1) is 0 Å². The Labute approximate surface area is 323 Å². The standard InChI is InChI=1S/2C20H15.C7H9Si.2ClH.Zr/c2*1-14-13-16-8-3-5-11-18(16)20(14)19-12-6-9-15-7-2-4-10-17(15)19;1-8-7-5-3-2-4-6-7;;;/h2*2-13H,1H3;2-6,8H,1H3;2*1H;/q;;;;;+2/p-2. The molecule has 0 aromatic heterocycles. The Balaban J connectivity index is 0.00000203. The van der Waals surface area contributed by atoms with E-state index in [1.807, 2.05) is 0 Å². The van der Waals surface area contributed by atoms with Crippen molar-refractivity contribution in [2.45, 2.75) is 27.6 Å². The van der Waals surface area contributed by atoms with Gasteiger partial charge >= 0.3 is 301 Å². The van der Waals surface area contributed by atoms with Crippen LogP contribution in [-0.4, -0.2) is 5.92 Å². The van der Waals surface area contributed by atoms with Crippen molar-refractivity contribution in [1.29, 1.82) is 0 Å². The van der Waals surface area contributed by atoms with Gasteiger partial charge in [-0.2, -0.15) is 0 Å². The minimum absolute atomic E-state index is 0. The smallest absolute Gasteiger partial charge is 1.00 e. The summed E-state index contributed by atoms with van der Waals surface area (Å²) in [4.78, 5) is 0. The number of hydrogen-bond acceptors (Lipinski definition) is 0. The number of hydrogen-bond donors (Lipinski definition) is 0. The second-order valence-electron chi connectivity index (χ2n) is 13.8. The fourth-order valence-corrected chi connectivity index (χ4v) is 35.1. The molecule has 0 heterocycles. The molecule has 7 aromatic rings. The first kappa shape index (κ1) is 35.6. The number of allylic oxidation sites excluding steroid dienone is 2. The fourth-order valence-electron chi connectivity index (χ4n) is 9.19. The van der Waals surface area contributed by atoms with Gasteiger partial charge in [0.05, 0.1) is 0 Å². The Kier molecular flexibility index (Phi) is 10.3. The summed E-state index contributed by atoms with van der Waals surface area (Å²) in [5.41, 5.74) is 15.0. The fraction of sp³-hybridized carbons (Fsp3) is 0.106. The molecule has 0 nitrogen and oxygen atoms in total. The Hall–Kier alpha value is -3.78. The van der Waals surface area contributed by atoms with Crippen molar-refractivity contribution in [1.82, 2.24) is 0 Å². The summed E-state index contributed by atoms with van der Waals surface area (Å²) in [5.74, 6) is -1.39.